The molecule has 2 N–H and O–H groups in total. The van der Waals surface area contributed by atoms with Crippen LogP contribution in [-0.4, -0.2) is 18.3 Å². The quantitative estimate of drug-likeness (QED) is 0.758. The van der Waals surface area contributed by atoms with Gasteiger partial charge in [-0.2, -0.15) is 0 Å². The molecule has 0 radical (unpaired) electrons. The summed E-state index contributed by atoms with van der Waals surface area (Å²) in [6, 6.07) is 2.11. The number of furan rings is 1. The van der Waals surface area contributed by atoms with E-state index in [4.69, 9.17) is 9.52 Å². The number of hydrogen-bond donors (Lipinski definition) is 2. The van der Waals surface area contributed by atoms with Crippen LogP contribution in [0.15, 0.2) is 21.2 Å². The molecule has 1 heterocycles. The van der Waals surface area contributed by atoms with Gasteiger partial charge in [-0.3, -0.25) is 0 Å². The third kappa shape index (κ3) is 4.82. The van der Waals surface area contributed by atoms with E-state index in [1.807, 2.05) is 6.07 Å². The molecule has 98 valence electrons. The van der Waals surface area contributed by atoms with Crippen molar-refractivity contribution in [1.29, 1.82) is 0 Å². The summed E-state index contributed by atoms with van der Waals surface area (Å²) in [4.78, 5) is 0. The van der Waals surface area contributed by atoms with E-state index < -0.39 is 0 Å². The van der Waals surface area contributed by atoms with Crippen molar-refractivity contribution in [2.24, 2.45) is 5.41 Å². The van der Waals surface area contributed by atoms with Gasteiger partial charge in [-0.1, -0.05) is 13.8 Å². The Kier molecular flexibility index (Phi) is 5.70. The molecule has 0 aliphatic carbocycles. The number of rotatable bonds is 7. The summed E-state index contributed by atoms with van der Waals surface area (Å²) in [5.41, 5.74) is 0.0240. The van der Waals surface area contributed by atoms with Crippen LogP contribution >= 0.6 is 15.9 Å². The largest absolute Gasteiger partial charge is 0.466 e. The first-order valence-electron chi connectivity index (χ1n) is 6.03. The van der Waals surface area contributed by atoms with E-state index in [1.165, 1.54) is 0 Å². The molecular weight excluding hydrogens is 282 g/mol. The van der Waals surface area contributed by atoms with Crippen LogP contribution in [-0.2, 0) is 0 Å². The standard InChI is InChI=1S/C13H22BrNO2/c1-10(12-11(14)5-8-17-12)15-7-4-6-13(2,3)9-16/h5,8,10,15-16H,4,6-7,9H2,1-3H3. The van der Waals surface area contributed by atoms with Crippen molar-refractivity contribution in [1.82, 2.24) is 5.32 Å². The Hall–Kier alpha value is -0.320. The smallest absolute Gasteiger partial charge is 0.134 e. The van der Waals surface area contributed by atoms with Gasteiger partial charge in [-0.15, -0.1) is 0 Å². The van der Waals surface area contributed by atoms with Gasteiger partial charge in [-0.25, -0.2) is 0 Å². The van der Waals surface area contributed by atoms with Crippen molar-refractivity contribution in [3.8, 4) is 0 Å². The highest BCUT2D eigenvalue weighted by Gasteiger charge is 2.16. The predicted molar refractivity (Wildman–Crippen MR) is 72.9 cm³/mol. The number of aliphatic hydroxyl groups is 1. The molecule has 1 aromatic rings. The van der Waals surface area contributed by atoms with Crippen molar-refractivity contribution < 1.29 is 9.52 Å². The zero-order chi connectivity index (χ0) is 12.9. The van der Waals surface area contributed by atoms with Gasteiger partial charge in [0, 0.05) is 6.61 Å². The predicted octanol–water partition coefficient (Wildman–Crippen LogP) is 3.49. The minimum absolute atomic E-state index is 0.0240. The zero-order valence-electron chi connectivity index (χ0n) is 10.8. The van der Waals surface area contributed by atoms with Crippen LogP contribution < -0.4 is 5.32 Å². The van der Waals surface area contributed by atoms with Crippen LogP contribution in [0.25, 0.3) is 0 Å². The normalized spacial score (nSPS) is 13.9. The molecule has 1 rings (SSSR count). The molecule has 17 heavy (non-hydrogen) atoms. The first-order chi connectivity index (χ1) is 7.96. The van der Waals surface area contributed by atoms with Gasteiger partial charge in [0.05, 0.1) is 16.8 Å². The maximum Gasteiger partial charge on any atom is 0.134 e. The number of hydrogen-bond acceptors (Lipinski definition) is 3. The van der Waals surface area contributed by atoms with Crippen LogP contribution in [0.3, 0.4) is 0 Å². The van der Waals surface area contributed by atoms with E-state index in [0.717, 1.165) is 29.6 Å². The lowest BCUT2D eigenvalue weighted by Crippen LogP contribution is -2.23. The lowest BCUT2D eigenvalue weighted by molar-refractivity contribution is 0.147. The first-order valence-corrected chi connectivity index (χ1v) is 6.83. The highest BCUT2D eigenvalue weighted by molar-refractivity contribution is 9.10. The summed E-state index contributed by atoms with van der Waals surface area (Å²) in [7, 11) is 0. The first kappa shape index (κ1) is 14.7. The number of nitrogens with one attached hydrogen (secondary N) is 1. The van der Waals surface area contributed by atoms with E-state index in [-0.39, 0.29) is 18.1 Å². The van der Waals surface area contributed by atoms with Gasteiger partial charge in [0.2, 0.25) is 0 Å². The number of halogens is 1. The van der Waals surface area contributed by atoms with Crippen molar-refractivity contribution in [3.63, 3.8) is 0 Å². The van der Waals surface area contributed by atoms with E-state index in [0.29, 0.717) is 0 Å². The second kappa shape index (κ2) is 6.57. The molecule has 4 heteroatoms. The Labute approximate surface area is 112 Å². The average Bonchev–Trinajstić information content (AvgIpc) is 2.71. The van der Waals surface area contributed by atoms with Crippen molar-refractivity contribution in [2.75, 3.05) is 13.2 Å². The second-order valence-electron chi connectivity index (χ2n) is 5.23. The van der Waals surface area contributed by atoms with Gasteiger partial charge >= 0.3 is 0 Å². The Bertz CT molecular complexity index is 336. The minimum Gasteiger partial charge on any atom is -0.466 e. The van der Waals surface area contributed by atoms with Crippen molar-refractivity contribution in [2.45, 2.75) is 39.7 Å². The molecule has 1 unspecified atom stereocenters. The summed E-state index contributed by atoms with van der Waals surface area (Å²) >= 11 is 3.45. The van der Waals surface area contributed by atoms with E-state index in [1.54, 1.807) is 6.26 Å². The number of aliphatic hydroxyl groups excluding tert-OH is 1. The molecule has 0 aromatic carbocycles. The maximum absolute atomic E-state index is 9.15. The fourth-order valence-corrected chi connectivity index (χ4v) is 2.22. The second-order valence-corrected chi connectivity index (χ2v) is 6.09. The van der Waals surface area contributed by atoms with Gasteiger partial charge in [0.1, 0.15) is 5.76 Å². The molecule has 1 aromatic heterocycles. The van der Waals surface area contributed by atoms with E-state index in [9.17, 15) is 0 Å². The molecule has 0 aliphatic heterocycles. The average molecular weight is 304 g/mol. The van der Waals surface area contributed by atoms with Gasteiger partial charge in [-0.05, 0) is 53.7 Å². The Morgan fingerprint density at radius 1 is 1.53 bits per heavy atom. The summed E-state index contributed by atoms with van der Waals surface area (Å²) < 4.78 is 6.40. The molecule has 0 spiro atoms. The third-order valence-electron chi connectivity index (χ3n) is 2.95. The zero-order valence-corrected chi connectivity index (χ0v) is 12.4. The van der Waals surface area contributed by atoms with Crippen LogP contribution in [0, 0.1) is 5.41 Å². The summed E-state index contributed by atoms with van der Waals surface area (Å²) in [5.74, 6) is 0.936. The molecule has 0 bridgehead atoms. The van der Waals surface area contributed by atoms with Crippen LogP contribution in [0.4, 0.5) is 0 Å². The summed E-state index contributed by atoms with van der Waals surface area (Å²) in [6.07, 6.45) is 3.76. The molecule has 0 fully saturated rings. The maximum atomic E-state index is 9.15. The highest BCUT2D eigenvalue weighted by atomic mass is 79.9. The molecule has 3 nitrogen and oxygen atoms in total. The lowest BCUT2D eigenvalue weighted by Gasteiger charge is -2.21. The minimum atomic E-state index is 0.0240. The Balaban J connectivity index is 2.26. The van der Waals surface area contributed by atoms with Crippen LogP contribution in [0.5, 0.6) is 0 Å². The molecule has 1 atom stereocenters. The van der Waals surface area contributed by atoms with Gasteiger partial charge < -0.3 is 14.8 Å². The highest BCUT2D eigenvalue weighted by Crippen LogP contribution is 2.24. The molecular formula is C13H22BrNO2. The lowest BCUT2D eigenvalue weighted by atomic mass is 9.89. The molecule has 0 saturated carbocycles. The topological polar surface area (TPSA) is 45.4 Å². The Morgan fingerprint density at radius 3 is 2.76 bits per heavy atom. The van der Waals surface area contributed by atoms with Crippen molar-refractivity contribution in [3.05, 3.63) is 22.6 Å². The Morgan fingerprint density at radius 2 is 2.24 bits per heavy atom. The van der Waals surface area contributed by atoms with E-state index in [2.05, 4.69) is 42.0 Å². The fraction of sp³-hybridized carbons (Fsp3) is 0.692. The summed E-state index contributed by atoms with van der Waals surface area (Å²) in [6.45, 7) is 7.42. The van der Waals surface area contributed by atoms with E-state index >= 15 is 0 Å². The van der Waals surface area contributed by atoms with Crippen LogP contribution in [0.2, 0.25) is 0 Å². The van der Waals surface area contributed by atoms with Crippen LogP contribution in [0.1, 0.15) is 45.4 Å². The SMILES string of the molecule is CC(NCCCC(C)(C)CO)c1occc1Br. The fourth-order valence-electron chi connectivity index (χ4n) is 1.67. The monoisotopic (exact) mass is 303 g/mol. The molecule has 0 saturated heterocycles. The summed E-state index contributed by atoms with van der Waals surface area (Å²) in [5, 5.41) is 12.6. The van der Waals surface area contributed by atoms with Crippen molar-refractivity contribution >= 4 is 15.9 Å². The van der Waals surface area contributed by atoms with Gasteiger partial charge in [0.15, 0.2) is 0 Å². The molecule has 0 amide bonds. The third-order valence-corrected chi connectivity index (χ3v) is 3.60. The van der Waals surface area contributed by atoms with Gasteiger partial charge in [0.25, 0.3) is 0 Å². The molecule has 0 aliphatic rings.